The summed E-state index contributed by atoms with van der Waals surface area (Å²) in [5.41, 5.74) is 3.90. The predicted molar refractivity (Wildman–Crippen MR) is 94.2 cm³/mol. The van der Waals surface area contributed by atoms with Gasteiger partial charge in [0, 0.05) is 12.6 Å². The summed E-state index contributed by atoms with van der Waals surface area (Å²) in [6.45, 7) is 0. The standard InChI is InChI=1S/C19H16N2O2S/c1-21-15-7-2-3-8-16(15)24-19(21)20-18(23)17(22)14-10-9-12-5-4-6-13(12)11-14/h2-3,7-11H,4-6H2,1H3. The molecule has 120 valence electrons. The van der Waals surface area contributed by atoms with Crippen molar-refractivity contribution in [1.82, 2.24) is 4.57 Å². The third-order valence-electron chi connectivity index (χ3n) is 4.47. The minimum Gasteiger partial charge on any atom is -0.319 e. The van der Waals surface area contributed by atoms with Crippen LogP contribution in [0.3, 0.4) is 0 Å². The van der Waals surface area contributed by atoms with Gasteiger partial charge in [-0.15, -0.1) is 0 Å². The highest BCUT2D eigenvalue weighted by Crippen LogP contribution is 2.23. The minimum absolute atomic E-state index is 0.438. The van der Waals surface area contributed by atoms with E-state index in [9.17, 15) is 9.59 Å². The number of aromatic nitrogens is 1. The lowest BCUT2D eigenvalue weighted by Crippen LogP contribution is -2.19. The lowest BCUT2D eigenvalue weighted by atomic mass is 10.0. The van der Waals surface area contributed by atoms with Gasteiger partial charge < -0.3 is 4.57 Å². The van der Waals surface area contributed by atoms with E-state index < -0.39 is 11.7 Å². The second-order valence-corrected chi connectivity index (χ2v) is 7.00. The molecule has 0 spiro atoms. The molecule has 0 saturated heterocycles. The molecular weight excluding hydrogens is 320 g/mol. The Balaban J connectivity index is 1.70. The Kier molecular flexibility index (Phi) is 3.65. The van der Waals surface area contributed by atoms with Crippen molar-refractivity contribution in [2.45, 2.75) is 19.3 Å². The van der Waals surface area contributed by atoms with E-state index in [2.05, 4.69) is 4.99 Å². The van der Waals surface area contributed by atoms with Gasteiger partial charge in [-0.3, -0.25) is 9.59 Å². The highest BCUT2D eigenvalue weighted by Gasteiger charge is 2.19. The van der Waals surface area contributed by atoms with Gasteiger partial charge >= 0.3 is 5.91 Å². The van der Waals surface area contributed by atoms with Crippen LogP contribution in [0, 0.1) is 0 Å². The largest absolute Gasteiger partial charge is 0.320 e. The van der Waals surface area contributed by atoms with E-state index in [4.69, 9.17) is 0 Å². The second-order valence-electron chi connectivity index (χ2n) is 5.99. The lowest BCUT2D eigenvalue weighted by molar-refractivity contribution is -0.114. The molecule has 2 aromatic carbocycles. The van der Waals surface area contributed by atoms with E-state index in [0.29, 0.717) is 10.4 Å². The van der Waals surface area contributed by atoms with Crippen LogP contribution in [0.4, 0.5) is 0 Å². The molecule has 0 fully saturated rings. The molecule has 4 rings (SSSR count). The molecule has 24 heavy (non-hydrogen) atoms. The summed E-state index contributed by atoms with van der Waals surface area (Å²) in [7, 11) is 1.85. The molecule has 5 heteroatoms. The summed E-state index contributed by atoms with van der Waals surface area (Å²) in [4.78, 5) is 29.3. The van der Waals surface area contributed by atoms with Gasteiger partial charge in [-0.25, -0.2) is 0 Å². The zero-order valence-electron chi connectivity index (χ0n) is 13.3. The van der Waals surface area contributed by atoms with Crippen LogP contribution >= 0.6 is 11.3 Å². The zero-order valence-corrected chi connectivity index (χ0v) is 14.1. The maximum absolute atomic E-state index is 12.4. The molecule has 1 aliphatic carbocycles. The Labute approximate surface area is 143 Å². The maximum atomic E-state index is 12.4. The van der Waals surface area contributed by atoms with Crippen molar-refractivity contribution >= 4 is 33.2 Å². The maximum Gasteiger partial charge on any atom is 0.320 e. The molecule has 0 bridgehead atoms. The van der Waals surface area contributed by atoms with Gasteiger partial charge in [0.15, 0.2) is 4.80 Å². The minimum atomic E-state index is -0.713. The van der Waals surface area contributed by atoms with Crippen LogP contribution in [-0.2, 0) is 24.7 Å². The predicted octanol–water partition coefficient (Wildman–Crippen LogP) is 3.04. The van der Waals surface area contributed by atoms with Crippen LogP contribution in [0.5, 0.6) is 0 Å². The summed E-state index contributed by atoms with van der Waals surface area (Å²) >= 11 is 1.41. The van der Waals surface area contributed by atoms with Crippen LogP contribution in [0.1, 0.15) is 27.9 Å². The number of rotatable bonds is 2. The summed E-state index contributed by atoms with van der Waals surface area (Å²) in [5.74, 6) is -1.25. The third kappa shape index (κ3) is 2.51. The fourth-order valence-electron chi connectivity index (χ4n) is 3.16. The first kappa shape index (κ1) is 15.0. The molecule has 0 atom stereocenters. The Morgan fingerprint density at radius 1 is 1.08 bits per heavy atom. The van der Waals surface area contributed by atoms with Crippen molar-refractivity contribution in [2.75, 3.05) is 0 Å². The monoisotopic (exact) mass is 336 g/mol. The molecule has 1 heterocycles. The molecule has 0 aliphatic heterocycles. The lowest BCUT2D eigenvalue weighted by Gasteiger charge is -2.01. The number of para-hydroxylation sites is 1. The molecule has 0 N–H and O–H groups in total. The molecule has 1 amide bonds. The average Bonchev–Trinajstić information content (AvgIpc) is 3.19. The number of hydrogen-bond donors (Lipinski definition) is 0. The van der Waals surface area contributed by atoms with E-state index in [1.807, 2.05) is 48.0 Å². The van der Waals surface area contributed by atoms with E-state index >= 15 is 0 Å². The highest BCUT2D eigenvalue weighted by molar-refractivity contribution is 7.16. The van der Waals surface area contributed by atoms with Gasteiger partial charge in [0.2, 0.25) is 0 Å². The van der Waals surface area contributed by atoms with Crippen molar-refractivity contribution in [3.05, 3.63) is 64.0 Å². The Morgan fingerprint density at radius 2 is 1.88 bits per heavy atom. The summed E-state index contributed by atoms with van der Waals surface area (Å²) in [6.07, 6.45) is 3.15. The molecule has 0 saturated carbocycles. The third-order valence-corrected chi connectivity index (χ3v) is 5.58. The molecular formula is C19H16N2O2S. The summed E-state index contributed by atoms with van der Waals surface area (Å²) in [6, 6.07) is 13.4. The quantitative estimate of drug-likeness (QED) is 0.533. The van der Waals surface area contributed by atoms with E-state index in [-0.39, 0.29) is 0 Å². The van der Waals surface area contributed by atoms with Crippen LogP contribution < -0.4 is 4.80 Å². The van der Waals surface area contributed by atoms with Gasteiger partial charge in [0.25, 0.3) is 5.78 Å². The van der Waals surface area contributed by atoms with E-state index in [0.717, 1.165) is 29.5 Å². The number of Topliss-reactive ketones (excluding diaryl/α,β-unsaturated/α-hetero) is 1. The van der Waals surface area contributed by atoms with Crippen molar-refractivity contribution < 1.29 is 9.59 Å². The number of carbonyl (C=O) groups is 2. The number of carbonyl (C=O) groups excluding carboxylic acids is 2. The fraction of sp³-hybridized carbons (Fsp3) is 0.211. The highest BCUT2D eigenvalue weighted by atomic mass is 32.1. The SMILES string of the molecule is Cn1c(=NC(=O)C(=O)c2ccc3c(c2)CCC3)sc2ccccc21. The van der Waals surface area contributed by atoms with Crippen molar-refractivity contribution in [2.24, 2.45) is 12.0 Å². The van der Waals surface area contributed by atoms with Gasteiger partial charge in [-0.2, -0.15) is 4.99 Å². The van der Waals surface area contributed by atoms with Crippen molar-refractivity contribution in [3.8, 4) is 0 Å². The zero-order chi connectivity index (χ0) is 16.7. The Bertz CT molecular complexity index is 1040. The average molecular weight is 336 g/mol. The summed E-state index contributed by atoms with van der Waals surface area (Å²) in [5, 5.41) is 0. The number of thiazole rings is 1. The van der Waals surface area contributed by atoms with Crippen LogP contribution in [0.15, 0.2) is 47.5 Å². The van der Waals surface area contributed by atoms with Gasteiger partial charge in [-0.1, -0.05) is 35.6 Å². The molecule has 1 aliphatic rings. The molecule has 1 aromatic heterocycles. The van der Waals surface area contributed by atoms with Gasteiger partial charge in [0.1, 0.15) is 0 Å². The fourth-order valence-corrected chi connectivity index (χ4v) is 4.18. The number of hydrogen-bond acceptors (Lipinski definition) is 3. The number of aryl methyl sites for hydroxylation is 3. The second kappa shape index (κ2) is 5.83. The van der Waals surface area contributed by atoms with Gasteiger partial charge in [-0.05, 0) is 48.6 Å². The topological polar surface area (TPSA) is 51.4 Å². The smallest absolute Gasteiger partial charge is 0.319 e. The number of nitrogens with zero attached hydrogens (tertiary/aromatic N) is 2. The Hall–Kier alpha value is -2.53. The van der Waals surface area contributed by atoms with Crippen LogP contribution in [-0.4, -0.2) is 16.3 Å². The van der Waals surface area contributed by atoms with Crippen molar-refractivity contribution in [1.29, 1.82) is 0 Å². The number of benzene rings is 2. The number of fused-ring (bicyclic) bond motifs is 2. The molecule has 0 radical (unpaired) electrons. The number of amides is 1. The van der Waals surface area contributed by atoms with Crippen LogP contribution in [0.2, 0.25) is 0 Å². The van der Waals surface area contributed by atoms with Gasteiger partial charge in [0.05, 0.1) is 10.2 Å². The molecule has 3 aromatic rings. The first-order valence-electron chi connectivity index (χ1n) is 7.93. The number of ketones is 1. The Morgan fingerprint density at radius 3 is 2.71 bits per heavy atom. The van der Waals surface area contributed by atoms with E-state index in [1.54, 1.807) is 6.07 Å². The molecule has 0 unspecified atom stereocenters. The van der Waals surface area contributed by atoms with E-state index in [1.165, 1.54) is 22.5 Å². The normalized spacial score (nSPS) is 14.1. The molecule has 4 nitrogen and oxygen atoms in total. The first-order valence-corrected chi connectivity index (χ1v) is 8.75. The van der Waals surface area contributed by atoms with Crippen LogP contribution in [0.25, 0.3) is 10.2 Å². The summed E-state index contributed by atoms with van der Waals surface area (Å²) < 4.78 is 2.88. The van der Waals surface area contributed by atoms with Crippen molar-refractivity contribution in [3.63, 3.8) is 0 Å². The first-order chi connectivity index (χ1) is 11.6.